The lowest BCUT2D eigenvalue weighted by atomic mass is 9.91. The van der Waals surface area contributed by atoms with Crippen molar-refractivity contribution in [1.82, 2.24) is 10.2 Å². The molecule has 1 fully saturated rings. The van der Waals surface area contributed by atoms with Gasteiger partial charge in [0.05, 0.1) is 12.6 Å². The number of nitriles is 1. The molecule has 80 valence electrons. The summed E-state index contributed by atoms with van der Waals surface area (Å²) in [6.45, 7) is 4.96. The van der Waals surface area contributed by atoms with Crippen LogP contribution < -0.4 is 5.32 Å². The van der Waals surface area contributed by atoms with Crippen molar-refractivity contribution in [2.45, 2.75) is 32.2 Å². The summed E-state index contributed by atoms with van der Waals surface area (Å²) in [6.07, 6.45) is 3.81. The minimum Gasteiger partial charge on any atom is -0.316 e. The van der Waals surface area contributed by atoms with Crippen LogP contribution in [0.2, 0.25) is 0 Å². The van der Waals surface area contributed by atoms with Gasteiger partial charge in [-0.2, -0.15) is 5.26 Å². The molecule has 2 unspecified atom stereocenters. The number of nitrogens with one attached hydrogen (secondary N) is 1. The van der Waals surface area contributed by atoms with Gasteiger partial charge in [-0.05, 0) is 25.8 Å². The summed E-state index contributed by atoms with van der Waals surface area (Å²) in [7, 11) is 2.02. The van der Waals surface area contributed by atoms with E-state index in [9.17, 15) is 0 Å². The van der Waals surface area contributed by atoms with Gasteiger partial charge in [0.2, 0.25) is 0 Å². The van der Waals surface area contributed by atoms with Gasteiger partial charge in [-0.15, -0.1) is 0 Å². The Bertz CT molecular complexity index is 197. The van der Waals surface area contributed by atoms with E-state index in [4.69, 9.17) is 5.26 Å². The minimum atomic E-state index is 0.577. The lowest BCUT2D eigenvalue weighted by Crippen LogP contribution is -2.48. The number of piperidine rings is 1. The van der Waals surface area contributed by atoms with Crippen molar-refractivity contribution in [2.75, 3.05) is 26.7 Å². The third-order valence-corrected chi connectivity index (χ3v) is 3.01. The van der Waals surface area contributed by atoms with Gasteiger partial charge in [-0.3, -0.25) is 4.90 Å². The Hall–Kier alpha value is -0.590. The van der Waals surface area contributed by atoms with E-state index in [1.165, 1.54) is 19.3 Å². The molecular weight excluding hydrogens is 174 g/mol. The third kappa shape index (κ3) is 3.28. The molecule has 1 N–H and O–H groups in total. The molecule has 3 nitrogen and oxygen atoms in total. The predicted octanol–water partition coefficient (Wildman–Crippen LogP) is 1.22. The van der Waals surface area contributed by atoms with Gasteiger partial charge >= 0.3 is 0 Å². The quantitative estimate of drug-likeness (QED) is 0.686. The van der Waals surface area contributed by atoms with Crippen LogP contribution in [0.15, 0.2) is 0 Å². The average molecular weight is 195 g/mol. The van der Waals surface area contributed by atoms with Crippen LogP contribution in [0.25, 0.3) is 0 Å². The summed E-state index contributed by atoms with van der Waals surface area (Å²) in [4.78, 5) is 2.27. The van der Waals surface area contributed by atoms with E-state index in [0.717, 1.165) is 19.0 Å². The second kappa shape index (κ2) is 6.00. The Morgan fingerprint density at radius 3 is 2.86 bits per heavy atom. The highest BCUT2D eigenvalue weighted by Crippen LogP contribution is 2.20. The summed E-state index contributed by atoms with van der Waals surface area (Å²) >= 11 is 0. The zero-order valence-electron chi connectivity index (χ0n) is 9.29. The second-order valence-electron chi connectivity index (χ2n) is 4.23. The van der Waals surface area contributed by atoms with Crippen LogP contribution in [0.3, 0.4) is 0 Å². The molecule has 0 aromatic carbocycles. The summed E-state index contributed by atoms with van der Waals surface area (Å²) in [5.41, 5.74) is 0. The maximum atomic E-state index is 8.68. The lowest BCUT2D eigenvalue weighted by molar-refractivity contribution is 0.153. The zero-order valence-corrected chi connectivity index (χ0v) is 9.29. The van der Waals surface area contributed by atoms with Crippen LogP contribution >= 0.6 is 0 Å². The number of nitrogens with zero attached hydrogens (tertiary/aromatic N) is 2. The Kier molecular flexibility index (Phi) is 4.92. The summed E-state index contributed by atoms with van der Waals surface area (Å²) in [6, 6.07) is 2.82. The van der Waals surface area contributed by atoms with E-state index >= 15 is 0 Å². The molecular formula is C11H21N3. The van der Waals surface area contributed by atoms with E-state index in [1.54, 1.807) is 0 Å². The first kappa shape index (κ1) is 11.5. The lowest BCUT2D eigenvalue weighted by Gasteiger charge is -2.36. The Morgan fingerprint density at radius 2 is 2.29 bits per heavy atom. The average Bonchev–Trinajstić information content (AvgIpc) is 2.18. The maximum absolute atomic E-state index is 8.68. The van der Waals surface area contributed by atoms with Gasteiger partial charge in [-0.1, -0.05) is 13.3 Å². The van der Waals surface area contributed by atoms with Crippen molar-refractivity contribution in [3.63, 3.8) is 0 Å². The van der Waals surface area contributed by atoms with Gasteiger partial charge in [0.15, 0.2) is 0 Å². The Balaban J connectivity index is 2.44. The Morgan fingerprint density at radius 1 is 1.50 bits per heavy atom. The van der Waals surface area contributed by atoms with Gasteiger partial charge in [0.25, 0.3) is 0 Å². The third-order valence-electron chi connectivity index (χ3n) is 3.01. The van der Waals surface area contributed by atoms with E-state index in [0.29, 0.717) is 12.6 Å². The SMILES string of the molecule is CCCC1CC(NC)CN(CC#N)C1. The molecule has 3 heteroatoms. The molecule has 0 aliphatic carbocycles. The highest BCUT2D eigenvalue weighted by Gasteiger charge is 2.25. The van der Waals surface area contributed by atoms with Crippen molar-refractivity contribution in [3.8, 4) is 6.07 Å². The van der Waals surface area contributed by atoms with Crippen LogP contribution in [0.5, 0.6) is 0 Å². The molecule has 0 saturated carbocycles. The largest absolute Gasteiger partial charge is 0.316 e. The fourth-order valence-electron chi connectivity index (χ4n) is 2.36. The van der Waals surface area contributed by atoms with Crippen molar-refractivity contribution < 1.29 is 0 Å². The molecule has 2 atom stereocenters. The van der Waals surface area contributed by atoms with Crippen molar-refractivity contribution in [2.24, 2.45) is 5.92 Å². The second-order valence-corrected chi connectivity index (χ2v) is 4.23. The van der Waals surface area contributed by atoms with Crippen LogP contribution in [0.1, 0.15) is 26.2 Å². The van der Waals surface area contributed by atoms with E-state index in [1.807, 2.05) is 7.05 Å². The van der Waals surface area contributed by atoms with Crippen molar-refractivity contribution >= 4 is 0 Å². The number of likely N-dealkylation sites (tertiary alicyclic amines) is 1. The van der Waals surface area contributed by atoms with Gasteiger partial charge < -0.3 is 5.32 Å². The van der Waals surface area contributed by atoms with Gasteiger partial charge in [-0.25, -0.2) is 0 Å². The number of likely N-dealkylation sites (N-methyl/N-ethyl adjacent to an activating group) is 1. The molecule has 0 aromatic heterocycles. The van der Waals surface area contributed by atoms with E-state index < -0.39 is 0 Å². The highest BCUT2D eigenvalue weighted by atomic mass is 15.2. The first-order valence-corrected chi connectivity index (χ1v) is 5.56. The molecule has 0 aromatic rings. The van der Waals surface area contributed by atoms with E-state index in [-0.39, 0.29) is 0 Å². The van der Waals surface area contributed by atoms with Gasteiger partial charge in [0.1, 0.15) is 0 Å². The molecule has 1 saturated heterocycles. The monoisotopic (exact) mass is 195 g/mol. The number of hydrogen-bond acceptors (Lipinski definition) is 3. The molecule has 0 amide bonds. The minimum absolute atomic E-state index is 0.577. The standard InChI is InChI=1S/C11H21N3/c1-3-4-10-7-11(13-2)9-14(8-10)6-5-12/h10-11,13H,3-4,6-9H2,1-2H3. The topological polar surface area (TPSA) is 39.1 Å². The normalized spacial score (nSPS) is 28.6. The molecule has 0 radical (unpaired) electrons. The summed E-state index contributed by atoms with van der Waals surface area (Å²) in [5, 5.41) is 12.0. The predicted molar refractivity (Wildman–Crippen MR) is 57.9 cm³/mol. The summed E-state index contributed by atoms with van der Waals surface area (Å²) < 4.78 is 0. The first-order chi connectivity index (χ1) is 6.80. The smallest absolute Gasteiger partial charge is 0.0866 e. The highest BCUT2D eigenvalue weighted by molar-refractivity contribution is 4.87. The van der Waals surface area contributed by atoms with Crippen LogP contribution in [0.4, 0.5) is 0 Å². The maximum Gasteiger partial charge on any atom is 0.0866 e. The fraction of sp³-hybridized carbons (Fsp3) is 0.909. The van der Waals surface area contributed by atoms with Gasteiger partial charge in [0, 0.05) is 19.1 Å². The van der Waals surface area contributed by atoms with Crippen LogP contribution in [-0.4, -0.2) is 37.6 Å². The molecule has 1 rings (SSSR count). The van der Waals surface area contributed by atoms with Crippen molar-refractivity contribution in [1.29, 1.82) is 5.26 Å². The number of rotatable bonds is 4. The fourth-order valence-corrected chi connectivity index (χ4v) is 2.36. The zero-order chi connectivity index (χ0) is 10.4. The molecule has 1 aliphatic rings. The molecule has 1 heterocycles. The van der Waals surface area contributed by atoms with Crippen molar-refractivity contribution in [3.05, 3.63) is 0 Å². The molecule has 14 heavy (non-hydrogen) atoms. The molecule has 0 spiro atoms. The van der Waals surface area contributed by atoms with Crippen LogP contribution in [0, 0.1) is 17.2 Å². The number of hydrogen-bond donors (Lipinski definition) is 1. The Labute approximate surface area is 87.1 Å². The van der Waals surface area contributed by atoms with E-state index in [2.05, 4.69) is 23.2 Å². The first-order valence-electron chi connectivity index (χ1n) is 5.56. The molecule has 1 aliphatic heterocycles. The summed E-state index contributed by atoms with van der Waals surface area (Å²) in [5.74, 6) is 0.777. The molecule has 0 bridgehead atoms. The van der Waals surface area contributed by atoms with Crippen LogP contribution in [-0.2, 0) is 0 Å².